The zero-order valence-corrected chi connectivity index (χ0v) is 10.9. The van der Waals surface area contributed by atoms with E-state index in [1.807, 2.05) is 6.07 Å². The molecule has 1 rings (SSSR count). The highest BCUT2D eigenvalue weighted by Gasteiger charge is 2.14. The summed E-state index contributed by atoms with van der Waals surface area (Å²) in [6, 6.07) is 4.96. The third kappa shape index (κ3) is 4.47. The summed E-state index contributed by atoms with van der Waals surface area (Å²) < 4.78 is 5.17. The fourth-order valence-corrected chi connectivity index (χ4v) is 1.26. The van der Waals surface area contributed by atoms with E-state index in [4.69, 9.17) is 9.68 Å². The zero-order valence-electron chi connectivity index (χ0n) is 10.1. The van der Waals surface area contributed by atoms with Gasteiger partial charge in [-0.2, -0.15) is 5.26 Å². The van der Waals surface area contributed by atoms with E-state index in [2.05, 4.69) is 5.32 Å². The van der Waals surface area contributed by atoms with Gasteiger partial charge in [0.2, 0.25) is 11.7 Å². The molecule has 0 saturated heterocycles. The highest BCUT2D eigenvalue weighted by molar-refractivity contribution is 5.85. The van der Waals surface area contributed by atoms with Crippen molar-refractivity contribution in [2.45, 2.75) is 19.5 Å². The minimum Gasteiger partial charge on any atom is -0.449 e. The summed E-state index contributed by atoms with van der Waals surface area (Å²) >= 11 is 0. The van der Waals surface area contributed by atoms with Crippen LogP contribution in [-0.4, -0.2) is 30.9 Å². The van der Waals surface area contributed by atoms with Gasteiger partial charge in [-0.3, -0.25) is 10.1 Å². The second kappa shape index (κ2) is 6.94. The second-order valence-corrected chi connectivity index (χ2v) is 3.71. The summed E-state index contributed by atoms with van der Waals surface area (Å²) in [7, 11) is 3.42. The fourth-order valence-electron chi connectivity index (χ4n) is 1.26. The Morgan fingerprint density at radius 1 is 1.59 bits per heavy atom. The van der Waals surface area contributed by atoms with Gasteiger partial charge in [0.15, 0.2) is 0 Å². The van der Waals surface area contributed by atoms with E-state index < -0.39 is 0 Å². The molecule has 1 amide bonds. The second-order valence-electron chi connectivity index (χ2n) is 3.71. The van der Waals surface area contributed by atoms with Crippen LogP contribution < -0.4 is 5.32 Å². The predicted molar refractivity (Wildman–Crippen MR) is 65.7 cm³/mol. The third-order valence-corrected chi connectivity index (χ3v) is 2.17. The van der Waals surface area contributed by atoms with Gasteiger partial charge >= 0.3 is 0 Å². The number of nitrogens with one attached hydrogen (secondary N) is 1. The number of nitrogens with zero attached hydrogens (tertiary/aromatic N) is 2. The first-order chi connectivity index (χ1) is 7.54. The molecule has 0 unspecified atom stereocenters. The van der Waals surface area contributed by atoms with Crippen molar-refractivity contribution in [1.29, 1.82) is 5.26 Å². The molecule has 0 fully saturated rings. The van der Waals surface area contributed by atoms with Crippen LogP contribution in [-0.2, 0) is 11.3 Å². The Morgan fingerprint density at radius 2 is 2.24 bits per heavy atom. The van der Waals surface area contributed by atoms with Crippen molar-refractivity contribution < 1.29 is 9.21 Å². The van der Waals surface area contributed by atoms with Crippen LogP contribution in [0.15, 0.2) is 16.5 Å². The van der Waals surface area contributed by atoms with Crippen LogP contribution in [0, 0.1) is 11.3 Å². The van der Waals surface area contributed by atoms with Crippen molar-refractivity contribution in [2.24, 2.45) is 0 Å². The van der Waals surface area contributed by atoms with Crippen LogP contribution in [0.25, 0.3) is 0 Å². The molecule has 94 valence electrons. The Balaban J connectivity index is 0.00000256. The minimum absolute atomic E-state index is 0. The van der Waals surface area contributed by atoms with Crippen LogP contribution in [0.1, 0.15) is 18.4 Å². The number of carbonyl (C=O) groups is 1. The van der Waals surface area contributed by atoms with Crippen LogP contribution >= 0.6 is 12.4 Å². The Kier molecular flexibility index (Phi) is 6.33. The molecule has 0 aliphatic rings. The lowest BCUT2D eigenvalue weighted by atomic mass is 10.3. The van der Waals surface area contributed by atoms with Crippen LogP contribution in [0.2, 0.25) is 0 Å². The van der Waals surface area contributed by atoms with Gasteiger partial charge in [-0.15, -0.1) is 12.4 Å². The lowest BCUT2D eigenvalue weighted by molar-refractivity contribution is -0.130. The maximum Gasteiger partial charge on any atom is 0.238 e. The molecule has 0 radical (unpaired) electrons. The summed E-state index contributed by atoms with van der Waals surface area (Å²) in [6.07, 6.45) is 0. The number of amides is 1. The molecule has 1 heterocycles. The molecule has 5 nitrogen and oxygen atoms in total. The van der Waals surface area contributed by atoms with E-state index in [1.54, 1.807) is 33.2 Å². The summed E-state index contributed by atoms with van der Waals surface area (Å²) in [6.45, 7) is 2.22. The molecule has 1 aromatic heterocycles. The summed E-state index contributed by atoms with van der Waals surface area (Å²) in [5.41, 5.74) is 0. The zero-order chi connectivity index (χ0) is 12.1. The summed E-state index contributed by atoms with van der Waals surface area (Å²) in [5, 5.41) is 11.6. The Labute approximate surface area is 107 Å². The van der Waals surface area contributed by atoms with Gasteiger partial charge in [-0.25, -0.2) is 0 Å². The predicted octanol–water partition coefficient (Wildman–Crippen LogP) is 1.14. The van der Waals surface area contributed by atoms with Gasteiger partial charge < -0.3 is 9.32 Å². The molecule has 17 heavy (non-hydrogen) atoms. The van der Waals surface area contributed by atoms with E-state index in [0.717, 1.165) is 0 Å². The summed E-state index contributed by atoms with van der Waals surface area (Å²) in [4.78, 5) is 13.0. The molecule has 1 aromatic rings. The number of carbonyl (C=O) groups excluding carboxylic acids is 1. The number of likely N-dealkylation sites (N-methyl/N-ethyl adjacent to an activating group) is 1. The first-order valence-electron chi connectivity index (χ1n) is 4.98. The lowest BCUT2D eigenvalue weighted by Crippen LogP contribution is -2.41. The topological polar surface area (TPSA) is 69.3 Å². The average molecular weight is 258 g/mol. The van der Waals surface area contributed by atoms with Gasteiger partial charge in [0.05, 0.1) is 12.6 Å². The molecule has 0 spiro atoms. The minimum atomic E-state index is -0.273. The molecular formula is C11H16ClN3O2. The quantitative estimate of drug-likeness (QED) is 0.878. The largest absolute Gasteiger partial charge is 0.449 e. The van der Waals surface area contributed by atoms with Crippen molar-refractivity contribution in [1.82, 2.24) is 10.2 Å². The number of halogens is 1. The first kappa shape index (κ1) is 15.5. The van der Waals surface area contributed by atoms with Crippen molar-refractivity contribution in [3.05, 3.63) is 23.7 Å². The van der Waals surface area contributed by atoms with Crippen LogP contribution in [0.3, 0.4) is 0 Å². The van der Waals surface area contributed by atoms with E-state index in [9.17, 15) is 4.79 Å². The van der Waals surface area contributed by atoms with E-state index in [0.29, 0.717) is 12.3 Å². The molecule has 0 aliphatic heterocycles. The number of hydrogen-bond donors (Lipinski definition) is 1. The van der Waals surface area contributed by atoms with Crippen LogP contribution in [0.5, 0.6) is 0 Å². The smallest absolute Gasteiger partial charge is 0.238 e. The van der Waals surface area contributed by atoms with Gasteiger partial charge in [0, 0.05) is 14.1 Å². The Hall–Kier alpha value is -1.51. The molecular weight excluding hydrogens is 242 g/mol. The fraction of sp³-hybridized carbons (Fsp3) is 0.455. The monoisotopic (exact) mass is 257 g/mol. The highest BCUT2D eigenvalue weighted by Crippen LogP contribution is 2.06. The van der Waals surface area contributed by atoms with Gasteiger partial charge in [0.25, 0.3) is 0 Å². The number of furan rings is 1. The van der Waals surface area contributed by atoms with E-state index >= 15 is 0 Å². The van der Waals surface area contributed by atoms with Crippen molar-refractivity contribution >= 4 is 18.3 Å². The SMILES string of the molecule is C[C@@H](NCc1ccc(C#N)o1)C(=O)N(C)C.Cl. The van der Waals surface area contributed by atoms with Gasteiger partial charge in [-0.05, 0) is 19.1 Å². The van der Waals surface area contributed by atoms with Gasteiger partial charge in [-0.1, -0.05) is 0 Å². The third-order valence-electron chi connectivity index (χ3n) is 2.17. The van der Waals surface area contributed by atoms with E-state index in [1.165, 1.54) is 4.90 Å². The normalized spacial score (nSPS) is 11.2. The molecule has 0 saturated carbocycles. The van der Waals surface area contributed by atoms with Crippen molar-refractivity contribution in [3.63, 3.8) is 0 Å². The van der Waals surface area contributed by atoms with Crippen molar-refractivity contribution in [3.8, 4) is 6.07 Å². The standard InChI is InChI=1S/C11H15N3O2.ClH/c1-8(11(15)14(2)3)13-7-10-5-4-9(6-12)16-10;/h4-5,8,13H,7H2,1-3H3;1H/t8-;/m1./s1. The highest BCUT2D eigenvalue weighted by atomic mass is 35.5. The van der Waals surface area contributed by atoms with E-state index in [-0.39, 0.29) is 30.1 Å². The number of hydrogen-bond acceptors (Lipinski definition) is 4. The Morgan fingerprint density at radius 3 is 2.71 bits per heavy atom. The maximum absolute atomic E-state index is 11.5. The molecule has 1 atom stereocenters. The summed E-state index contributed by atoms with van der Waals surface area (Å²) in [5.74, 6) is 0.936. The molecule has 1 N–H and O–H groups in total. The van der Waals surface area contributed by atoms with Gasteiger partial charge in [0.1, 0.15) is 11.8 Å². The molecule has 0 aromatic carbocycles. The maximum atomic E-state index is 11.5. The van der Waals surface area contributed by atoms with Crippen LogP contribution in [0.4, 0.5) is 0 Å². The molecule has 0 bridgehead atoms. The molecule has 6 heteroatoms. The lowest BCUT2D eigenvalue weighted by Gasteiger charge is -2.17. The number of nitriles is 1. The number of rotatable bonds is 4. The average Bonchev–Trinajstić information content (AvgIpc) is 2.72. The van der Waals surface area contributed by atoms with Crippen molar-refractivity contribution in [2.75, 3.05) is 14.1 Å². The first-order valence-corrected chi connectivity index (χ1v) is 4.98. The Bertz CT molecular complexity index is 409. The molecule has 0 aliphatic carbocycles.